The molecule has 19 heavy (non-hydrogen) atoms. The molecular formula is C14H13ClFNO2. The molecule has 0 aliphatic carbocycles. The molecule has 0 spiro atoms. The van der Waals surface area contributed by atoms with Gasteiger partial charge in [0.2, 0.25) is 0 Å². The number of rotatable bonds is 5. The zero-order chi connectivity index (χ0) is 13.7. The van der Waals surface area contributed by atoms with E-state index in [2.05, 4.69) is 0 Å². The smallest absolute Gasteiger partial charge is 0.183 e. The summed E-state index contributed by atoms with van der Waals surface area (Å²) in [5.74, 6) is 0.123. The third-order valence-corrected chi connectivity index (χ3v) is 2.73. The lowest BCUT2D eigenvalue weighted by Crippen LogP contribution is -2.10. The Kier molecular flexibility index (Phi) is 4.47. The van der Waals surface area contributed by atoms with E-state index in [9.17, 15) is 4.39 Å². The number of nitrogen functional groups attached to an aromatic ring is 1. The normalized spacial score (nSPS) is 10.2. The molecule has 0 aliphatic heterocycles. The van der Waals surface area contributed by atoms with Crippen molar-refractivity contribution in [2.24, 2.45) is 0 Å². The minimum absolute atomic E-state index is 0.0331. The number of halogens is 2. The predicted octanol–water partition coefficient (Wildman–Crippen LogP) is 3.52. The molecule has 0 heterocycles. The SMILES string of the molecule is Nc1ccccc1OCCOc1cccc(Cl)c1F. The summed E-state index contributed by atoms with van der Waals surface area (Å²) in [6.07, 6.45) is 0. The Bertz CT molecular complexity index is 563. The van der Waals surface area contributed by atoms with Gasteiger partial charge < -0.3 is 15.2 Å². The minimum Gasteiger partial charge on any atom is -0.488 e. The monoisotopic (exact) mass is 281 g/mol. The molecule has 100 valence electrons. The van der Waals surface area contributed by atoms with Gasteiger partial charge in [-0.2, -0.15) is 0 Å². The van der Waals surface area contributed by atoms with Gasteiger partial charge in [-0.3, -0.25) is 0 Å². The Balaban J connectivity index is 1.84. The van der Waals surface area contributed by atoms with Crippen molar-refractivity contribution < 1.29 is 13.9 Å². The third kappa shape index (κ3) is 3.51. The molecule has 0 unspecified atom stereocenters. The molecule has 0 fully saturated rings. The summed E-state index contributed by atoms with van der Waals surface area (Å²) in [6, 6.07) is 11.7. The highest BCUT2D eigenvalue weighted by molar-refractivity contribution is 6.30. The van der Waals surface area contributed by atoms with Crippen LogP contribution in [-0.4, -0.2) is 13.2 Å². The standard InChI is InChI=1S/C14H13ClFNO2/c15-10-4-3-7-13(14(10)16)19-9-8-18-12-6-2-1-5-11(12)17/h1-7H,8-9,17H2. The average Bonchev–Trinajstić information content (AvgIpc) is 2.41. The maximum atomic E-state index is 13.5. The fraction of sp³-hybridized carbons (Fsp3) is 0.143. The molecule has 0 radical (unpaired) electrons. The number of hydrogen-bond donors (Lipinski definition) is 1. The molecule has 2 aromatic carbocycles. The molecule has 2 N–H and O–H groups in total. The zero-order valence-electron chi connectivity index (χ0n) is 10.1. The molecule has 5 heteroatoms. The lowest BCUT2D eigenvalue weighted by atomic mass is 10.3. The van der Waals surface area contributed by atoms with Gasteiger partial charge in [0.05, 0.1) is 10.7 Å². The van der Waals surface area contributed by atoms with E-state index in [1.54, 1.807) is 18.2 Å². The highest BCUT2D eigenvalue weighted by Crippen LogP contribution is 2.24. The average molecular weight is 282 g/mol. The Hall–Kier alpha value is -1.94. The largest absolute Gasteiger partial charge is 0.488 e. The molecule has 0 aliphatic rings. The lowest BCUT2D eigenvalue weighted by Gasteiger charge is -2.10. The van der Waals surface area contributed by atoms with Crippen LogP contribution in [0.5, 0.6) is 11.5 Å². The quantitative estimate of drug-likeness (QED) is 0.674. The number of para-hydroxylation sites is 2. The van der Waals surface area contributed by atoms with Crippen molar-refractivity contribution >= 4 is 17.3 Å². The molecule has 0 bridgehead atoms. The van der Waals surface area contributed by atoms with Gasteiger partial charge in [-0.1, -0.05) is 29.8 Å². The summed E-state index contributed by atoms with van der Waals surface area (Å²) in [5.41, 5.74) is 6.27. The number of hydrogen-bond acceptors (Lipinski definition) is 3. The number of ether oxygens (including phenoxy) is 2. The Morgan fingerprint density at radius 3 is 2.32 bits per heavy atom. The van der Waals surface area contributed by atoms with Gasteiger partial charge in [-0.15, -0.1) is 0 Å². The molecule has 3 nitrogen and oxygen atoms in total. The molecule has 0 atom stereocenters. The highest BCUT2D eigenvalue weighted by Gasteiger charge is 2.07. The maximum absolute atomic E-state index is 13.5. The molecule has 2 aromatic rings. The second-order valence-corrected chi connectivity index (χ2v) is 4.19. The van der Waals surface area contributed by atoms with Crippen LogP contribution in [0.4, 0.5) is 10.1 Å². The molecule has 0 saturated carbocycles. The summed E-state index contributed by atoms with van der Waals surface area (Å²) in [6.45, 7) is 0.464. The Morgan fingerprint density at radius 2 is 1.58 bits per heavy atom. The van der Waals surface area contributed by atoms with Gasteiger partial charge >= 0.3 is 0 Å². The first-order valence-corrected chi connectivity index (χ1v) is 6.10. The summed E-state index contributed by atoms with van der Waals surface area (Å²) < 4.78 is 24.2. The summed E-state index contributed by atoms with van der Waals surface area (Å²) in [5, 5.41) is 0.0331. The van der Waals surface area contributed by atoms with Crippen molar-refractivity contribution in [2.45, 2.75) is 0 Å². The minimum atomic E-state index is -0.566. The first-order chi connectivity index (χ1) is 9.18. The van der Waals surface area contributed by atoms with Crippen LogP contribution in [0, 0.1) is 5.82 Å². The van der Waals surface area contributed by atoms with Crippen LogP contribution in [0.15, 0.2) is 42.5 Å². The molecular weight excluding hydrogens is 269 g/mol. The van der Waals surface area contributed by atoms with Crippen LogP contribution < -0.4 is 15.2 Å². The van der Waals surface area contributed by atoms with E-state index in [4.69, 9.17) is 26.8 Å². The predicted molar refractivity (Wildman–Crippen MR) is 73.3 cm³/mol. The van der Waals surface area contributed by atoms with Crippen LogP contribution in [-0.2, 0) is 0 Å². The van der Waals surface area contributed by atoms with E-state index in [0.717, 1.165) is 0 Å². The fourth-order valence-corrected chi connectivity index (χ4v) is 1.68. The van der Waals surface area contributed by atoms with Gasteiger partial charge in [0.15, 0.2) is 11.6 Å². The Morgan fingerprint density at radius 1 is 0.947 bits per heavy atom. The van der Waals surface area contributed by atoms with Gasteiger partial charge in [-0.25, -0.2) is 4.39 Å². The summed E-state index contributed by atoms with van der Waals surface area (Å²) >= 11 is 5.64. The van der Waals surface area contributed by atoms with E-state index in [1.165, 1.54) is 12.1 Å². The highest BCUT2D eigenvalue weighted by atomic mass is 35.5. The van der Waals surface area contributed by atoms with Crippen molar-refractivity contribution in [1.82, 2.24) is 0 Å². The number of anilines is 1. The van der Waals surface area contributed by atoms with E-state index in [-0.39, 0.29) is 24.0 Å². The van der Waals surface area contributed by atoms with Gasteiger partial charge in [0.1, 0.15) is 19.0 Å². The van der Waals surface area contributed by atoms with E-state index in [1.807, 2.05) is 12.1 Å². The van der Waals surface area contributed by atoms with E-state index in [0.29, 0.717) is 11.4 Å². The molecule has 0 amide bonds. The van der Waals surface area contributed by atoms with Gasteiger partial charge in [0.25, 0.3) is 0 Å². The number of nitrogens with two attached hydrogens (primary N) is 1. The van der Waals surface area contributed by atoms with Crippen LogP contribution in [0.2, 0.25) is 5.02 Å². The van der Waals surface area contributed by atoms with Crippen LogP contribution >= 0.6 is 11.6 Å². The second kappa shape index (κ2) is 6.29. The van der Waals surface area contributed by atoms with Crippen molar-refractivity contribution in [3.8, 4) is 11.5 Å². The molecule has 2 rings (SSSR count). The molecule has 0 aromatic heterocycles. The van der Waals surface area contributed by atoms with Crippen LogP contribution in [0.3, 0.4) is 0 Å². The van der Waals surface area contributed by atoms with Crippen LogP contribution in [0.25, 0.3) is 0 Å². The van der Waals surface area contributed by atoms with Crippen LogP contribution in [0.1, 0.15) is 0 Å². The van der Waals surface area contributed by atoms with Crippen molar-refractivity contribution in [3.05, 3.63) is 53.3 Å². The fourth-order valence-electron chi connectivity index (χ4n) is 1.51. The van der Waals surface area contributed by atoms with E-state index < -0.39 is 5.82 Å². The van der Waals surface area contributed by atoms with Gasteiger partial charge in [0, 0.05) is 0 Å². The Labute approximate surface area is 115 Å². The zero-order valence-corrected chi connectivity index (χ0v) is 10.9. The third-order valence-electron chi connectivity index (χ3n) is 2.43. The second-order valence-electron chi connectivity index (χ2n) is 3.79. The van der Waals surface area contributed by atoms with Crippen molar-refractivity contribution in [1.29, 1.82) is 0 Å². The summed E-state index contributed by atoms with van der Waals surface area (Å²) in [4.78, 5) is 0. The maximum Gasteiger partial charge on any atom is 0.183 e. The first-order valence-electron chi connectivity index (χ1n) is 5.72. The first kappa shape index (κ1) is 13.5. The van der Waals surface area contributed by atoms with E-state index >= 15 is 0 Å². The van der Waals surface area contributed by atoms with Crippen molar-refractivity contribution in [3.63, 3.8) is 0 Å². The van der Waals surface area contributed by atoms with Gasteiger partial charge in [-0.05, 0) is 24.3 Å². The number of benzene rings is 2. The lowest BCUT2D eigenvalue weighted by molar-refractivity contribution is 0.212. The molecule has 0 saturated heterocycles. The topological polar surface area (TPSA) is 44.5 Å². The van der Waals surface area contributed by atoms with Crippen molar-refractivity contribution in [2.75, 3.05) is 18.9 Å². The summed E-state index contributed by atoms with van der Waals surface area (Å²) in [7, 11) is 0.